The Labute approximate surface area is 118 Å². The molecule has 3 aromatic rings. The number of benzene rings is 2. The summed E-state index contributed by atoms with van der Waals surface area (Å²) in [6, 6.07) is 14.3. The lowest BCUT2D eigenvalue weighted by Crippen LogP contribution is -2.02. The van der Waals surface area contributed by atoms with Crippen LogP contribution in [0, 0.1) is 13.8 Å². The molecule has 0 aliphatic rings. The third-order valence-corrected chi connectivity index (χ3v) is 5.36. The number of H-pyrrole nitrogens is 1. The lowest BCUT2D eigenvalue weighted by Gasteiger charge is -2.05. The Morgan fingerprint density at radius 1 is 0.950 bits per heavy atom. The van der Waals surface area contributed by atoms with E-state index < -0.39 is 9.84 Å². The van der Waals surface area contributed by atoms with E-state index in [4.69, 9.17) is 0 Å². The van der Waals surface area contributed by atoms with Gasteiger partial charge in [-0.25, -0.2) is 8.42 Å². The number of rotatable bonds is 2. The maximum absolute atomic E-state index is 12.8. The van der Waals surface area contributed by atoms with Gasteiger partial charge >= 0.3 is 0 Å². The van der Waals surface area contributed by atoms with Crippen LogP contribution < -0.4 is 0 Å². The van der Waals surface area contributed by atoms with Crippen molar-refractivity contribution in [1.29, 1.82) is 0 Å². The average Bonchev–Trinajstić information content (AvgIpc) is 2.75. The summed E-state index contributed by atoms with van der Waals surface area (Å²) in [5, 5.41) is 0.756. The Balaban J connectivity index is 2.35. The van der Waals surface area contributed by atoms with Crippen molar-refractivity contribution in [3.8, 4) is 0 Å². The van der Waals surface area contributed by atoms with Crippen molar-refractivity contribution < 1.29 is 8.42 Å². The summed E-state index contributed by atoms with van der Waals surface area (Å²) in [5.74, 6) is 0. The number of sulfone groups is 1. The molecule has 0 saturated carbocycles. The minimum Gasteiger partial charge on any atom is -0.358 e. The van der Waals surface area contributed by atoms with E-state index in [2.05, 4.69) is 4.98 Å². The van der Waals surface area contributed by atoms with Crippen molar-refractivity contribution in [2.24, 2.45) is 0 Å². The monoisotopic (exact) mass is 285 g/mol. The molecule has 4 heteroatoms. The van der Waals surface area contributed by atoms with E-state index in [1.54, 1.807) is 31.2 Å². The maximum atomic E-state index is 12.8. The Hall–Kier alpha value is -2.07. The molecule has 3 rings (SSSR count). The van der Waals surface area contributed by atoms with E-state index in [0.717, 1.165) is 16.5 Å². The SMILES string of the molecule is Cc1ccc2[nH]c(C)c(S(=O)(=O)c3ccccc3)c2c1. The summed E-state index contributed by atoms with van der Waals surface area (Å²) in [4.78, 5) is 3.85. The highest BCUT2D eigenvalue weighted by Gasteiger charge is 2.24. The second-order valence-corrected chi connectivity index (χ2v) is 6.83. The van der Waals surface area contributed by atoms with Gasteiger partial charge in [-0.1, -0.05) is 29.8 Å². The second-order valence-electron chi connectivity index (χ2n) is 4.94. The Kier molecular flexibility index (Phi) is 2.91. The summed E-state index contributed by atoms with van der Waals surface area (Å²) in [5.41, 5.74) is 2.57. The molecule has 1 heterocycles. The van der Waals surface area contributed by atoms with Crippen LogP contribution in [-0.4, -0.2) is 13.4 Å². The quantitative estimate of drug-likeness (QED) is 0.782. The molecule has 0 saturated heterocycles. The lowest BCUT2D eigenvalue weighted by atomic mass is 10.2. The van der Waals surface area contributed by atoms with Crippen molar-refractivity contribution in [3.05, 3.63) is 59.8 Å². The molecule has 3 nitrogen and oxygen atoms in total. The van der Waals surface area contributed by atoms with E-state index in [0.29, 0.717) is 15.5 Å². The second kappa shape index (κ2) is 4.49. The summed E-state index contributed by atoms with van der Waals surface area (Å²) >= 11 is 0. The summed E-state index contributed by atoms with van der Waals surface area (Å²) in [6.07, 6.45) is 0. The van der Waals surface area contributed by atoms with Crippen LogP contribution in [0.3, 0.4) is 0 Å². The van der Waals surface area contributed by atoms with Gasteiger partial charge < -0.3 is 4.98 Å². The molecule has 0 unspecified atom stereocenters. The lowest BCUT2D eigenvalue weighted by molar-refractivity contribution is 0.596. The van der Waals surface area contributed by atoms with Crippen molar-refractivity contribution in [2.75, 3.05) is 0 Å². The third kappa shape index (κ3) is 1.93. The molecule has 1 aromatic heterocycles. The van der Waals surface area contributed by atoms with Crippen molar-refractivity contribution in [3.63, 3.8) is 0 Å². The predicted molar refractivity (Wildman–Crippen MR) is 79.7 cm³/mol. The Morgan fingerprint density at radius 3 is 2.35 bits per heavy atom. The minimum absolute atomic E-state index is 0.325. The fourth-order valence-electron chi connectivity index (χ4n) is 2.48. The Bertz CT molecular complexity index is 877. The van der Waals surface area contributed by atoms with Crippen LogP contribution in [0.1, 0.15) is 11.3 Å². The maximum Gasteiger partial charge on any atom is 0.208 e. The highest BCUT2D eigenvalue weighted by molar-refractivity contribution is 7.91. The van der Waals surface area contributed by atoms with Crippen LogP contribution in [0.15, 0.2) is 58.3 Å². The molecule has 0 fully saturated rings. The van der Waals surface area contributed by atoms with E-state index in [1.807, 2.05) is 31.2 Å². The number of aryl methyl sites for hydroxylation is 2. The molecule has 2 aromatic carbocycles. The minimum atomic E-state index is -3.50. The normalized spacial score (nSPS) is 11.9. The third-order valence-electron chi connectivity index (χ3n) is 3.40. The van der Waals surface area contributed by atoms with Gasteiger partial charge in [0.25, 0.3) is 0 Å². The zero-order valence-corrected chi connectivity index (χ0v) is 12.2. The van der Waals surface area contributed by atoms with E-state index >= 15 is 0 Å². The summed E-state index contributed by atoms with van der Waals surface area (Å²) in [7, 11) is -3.50. The first-order valence-electron chi connectivity index (χ1n) is 6.39. The van der Waals surface area contributed by atoms with Crippen LogP contribution in [0.25, 0.3) is 10.9 Å². The van der Waals surface area contributed by atoms with Crippen molar-refractivity contribution in [1.82, 2.24) is 4.98 Å². The molecule has 1 N–H and O–H groups in total. The fraction of sp³-hybridized carbons (Fsp3) is 0.125. The van der Waals surface area contributed by atoms with Gasteiger partial charge in [0.1, 0.15) is 0 Å². The zero-order chi connectivity index (χ0) is 14.3. The molecule has 0 radical (unpaired) electrons. The topological polar surface area (TPSA) is 49.9 Å². The van der Waals surface area contributed by atoms with Gasteiger partial charge in [-0.05, 0) is 38.1 Å². The first-order valence-corrected chi connectivity index (χ1v) is 7.87. The van der Waals surface area contributed by atoms with E-state index in [1.165, 1.54) is 0 Å². The first-order chi connectivity index (χ1) is 9.50. The van der Waals surface area contributed by atoms with Gasteiger partial charge in [0.05, 0.1) is 9.79 Å². The highest BCUT2D eigenvalue weighted by atomic mass is 32.2. The zero-order valence-electron chi connectivity index (χ0n) is 11.3. The van der Waals surface area contributed by atoms with E-state index in [9.17, 15) is 8.42 Å². The number of nitrogens with one attached hydrogen (secondary N) is 1. The highest BCUT2D eigenvalue weighted by Crippen LogP contribution is 2.31. The van der Waals surface area contributed by atoms with Crippen LogP contribution in [-0.2, 0) is 9.84 Å². The van der Waals surface area contributed by atoms with Crippen LogP contribution in [0.5, 0.6) is 0 Å². The number of hydrogen-bond donors (Lipinski definition) is 1. The fourth-order valence-corrected chi connectivity index (χ4v) is 4.14. The summed E-state index contributed by atoms with van der Waals surface area (Å²) in [6.45, 7) is 3.76. The number of aromatic nitrogens is 1. The van der Waals surface area contributed by atoms with Crippen LogP contribution >= 0.6 is 0 Å². The predicted octanol–water partition coefficient (Wildman–Crippen LogP) is 3.62. The van der Waals surface area contributed by atoms with E-state index in [-0.39, 0.29) is 0 Å². The number of hydrogen-bond acceptors (Lipinski definition) is 2. The number of aromatic amines is 1. The molecule has 0 bridgehead atoms. The summed E-state index contributed by atoms with van der Waals surface area (Å²) < 4.78 is 25.6. The van der Waals surface area contributed by atoms with Crippen LogP contribution in [0.4, 0.5) is 0 Å². The molecule has 0 atom stereocenters. The Morgan fingerprint density at radius 2 is 1.65 bits per heavy atom. The average molecular weight is 285 g/mol. The first kappa shape index (κ1) is 12.9. The molecular weight excluding hydrogens is 270 g/mol. The molecule has 102 valence electrons. The van der Waals surface area contributed by atoms with Gasteiger partial charge in [-0.2, -0.15) is 0 Å². The van der Waals surface area contributed by atoms with Gasteiger partial charge in [-0.15, -0.1) is 0 Å². The molecule has 0 amide bonds. The van der Waals surface area contributed by atoms with Crippen molar-refractivity contribution in [2.45, 2.75) is 23.6 Å². The number of fused-ring (bicyclic) bond motifs is 1. The van der Waals surface area contributed by atoms with Gasteiger partial charge in [-0.3, -0.25) is 0 Å². The van der Waals surface area contributed by atoms with Gasteiger partial charge in [0.2, 0.25) is 9.84 Å². The molecule has 0 aliphatic heterocycles. The smallest absolute Gasteiger partial charge is 0.208 e. The molecule has 20 heavy (non-hydrogen) atoms. The van der Waals surface area contributed by atoms with Crippen LogP contribution in [0.2, 0.25) is 0 Å². The van der Waals surface area contributed by atoms with Gasteiger partial charge in [0.15, 0.2) is 0 Å². The van der Waals surface area contributed by atoms with Gasteiger partial charge in [0, 0.05) is 16.6 Å². The van der Waals surface area contributed by atoms with Crippen molar-refractivity contribution >= 4 is 20.7 Å². The molecular formula is C16H15NO2S. The largest absolute Gasteiger partial charge is 0.358 e. The standard InChI is InChI=1S/C16H15NO2S/c1-11-8-9-15-14(10-11)16(12(2)17-15)20(18,19)13-6-4-3-5-7-13/h3-10,17H,1-2H3. The molecule has 0 aliphatic carbocycles. The molecule has 0 spiro atoms.